The molecule has 0 aliphatic carbocycles. The zero-order chi connectivity index (χ0) is 14.7. The van der Waals surface area contributed by atoms with E-state index in [1.165, 1.54) is 19.4 Å². The molecule has 0 saturated carbocycles. The molecule has 2 aliphatic rings. The van der Waals surface area contributed by atoms with Gasteiger partial charge in [-0.25, -0.2) is 0 Å². The standard InChI is InChI=1S/C17H22N2O2/c1-21-14-7-4-13(5-8-14)6-9-17(20)18-15-10-12-19-11-2-3-16(15)19/h4-9,15-16H,2-3,10-12H2,1H3,(H,18,20)/b9-6+/t15-,16-/m0/s1. The highest BCUT2D eigenvalue weighted by atomic mass is 16.5. The number of fused-ring (bicyclic) bond motifs is 1. The van der Waals surface area contributed by atoms with Gasteiger partial charge in [-0.15, -0.1) is 0 Å². The fourth-order valence-electron chi connectivity index (χ4n) is 3.37. The molecular formula is C17H22N2O2. The summed E-state index contributed by atoms with van der Waals surface area (Å²) < 4.78 is 5.12. The van der Waals surface area contributed by atoms with Crippen molar-refractivity contribution in [3.05, 3.63) is 35.9 Å². The van der Waals surface area contributed by atoms with Gasteiger partial charge in [-0.05, 0) is 49.6 Å². The molecule has 0 bridgehead atoms. The third-order valence-corrected chi connectivity index (χ3v) is 4.48. The Hall–Kier alpha value is -1.81. The van der Waals surface area contributed by atoms with Crippen molar-refractivity contribution in [3.8, 4) is 5.75 Å². The van der Waals surface area contributed by atoms with Crippen LogP contribution in [0.1, 0.15) is 24.8 Å². The summed E-state index contributed by atoms with van der Waals surface area (Å²) in [5, 5.41) is 3.15. The summed E-state index contributed by atoms with van der Waals surface area (Å²) in [7, 11) is 1.65. The maximum atomic E-state index is 12.0. The zero-order valence-corrected chi connectivity index (χ0v) is 12.4. The molecule has 1 aromatic rings. The summed E-state index contributed by atoms with van der Waals surface area (Å²) in [4.78, 5) is 14.5. The third-order valence-electron chi connectivity index (χ3n) is 4.48. The van der Waals surface area contributed by atoms with Crippen LogP contribution in [0.2, 0.25) is 0 Å². The van der Waals surface area contributed by atoms with Gasteiger partial charge in [0, 0.05) is 24.7 Å². The minimum absolute atomic E-state index is 0.00423. The van der Waals surface area contributed by atoms with Crippen molar-refractivity contribution >= 4 is 12.0 Å². The molecule has 0 aromatic heterocycles. The number of ether oxygens (including phenoxy) is 1. The number of carbonyl (C=O) groups is 1. The number of carbonyl (C=O) groups excluding carboxylic acids is 1. The Balaban J connectivity index is 1.54. The predicted molar refractivity (Wildman–Crippen MR) is 83.2 cm³/mol. The topological polar surface area (TPSA) is 41.6 Å². The molecule has 2 heterocycles. The smallest absolute Gasteiger partial charge is 0.244 e. The Morgan fingerprint density at radius 2 is 2.10 bits per heavy atom. The Labute approximate surface area is 125 Å². The minimum atomic E-state index is 0.00423. The molecule has 0 radical (unpaired) electrons. The second-order valence-corrected chi connectivity index (χ2v) is 5.76. The van der Waals surface area contributed by atoms with Gasteiger partial charge < -0.3 is 10.1 Å². The summed E-state index contributed by atoms with van der Waals surface area (Å²) in [6.07, 6.45) is 7.02. The average molecular weight is 286 g/mol. The summed E-state index contributed by atoms with van der Waals surface area (Å²) in [6, 6.07) is 8.55. The monoisotopic (exact) mass is 286 g/mol. The van der Waals surface area contributed by atoms with Gasteiger partial charge in [-0.3, -0.25) is 9.69 Å². The number of benzene rings is 1. The molecule has 1 N–H and O–H groups in total. The van der Waals surface area contributed by atoms with E-state index in [0.29, 0.717) is 12.1 Å². The van der Waals surface area contributed by atoms with E-state index < -0.39 is 0 Å². The van der Waals surface area contributed by atoms with E-state index in [1.54, 1.807) is 13.2 Å². The predicted octanol–water partition coefficient (Wildman–Crippen LogP) is 2.06. The molecule has 4 heteroatoms. The Morgan fingerprint density at radius 1 is 1.29 bits per heavy atom. The molecular weight excluding hydrogens is 264 g/mol. The first kappa shape index (κ1) is 14.1. The number of nitrogens with one attached hydrogen (secondary N) is 1. The van der Waals surface area contributed by atoms with Crippen molar-refractivity contribution in [2.45, 2.75) is 31.3 Å². The summed E-state index contributed by atoms with van der Waals surface area (Å²) in [5.41, 5.74) is 1.000. The average Bonchev–Trinajstić information content (AvgIpc) is 3.11. The van der Waals surface area contributed by atoms with Gasteiger partial charge in [0.1, 0.15) is 5.75 Å². The van der Waals surface area contributed by atoms with Gasteiger partial charge in [-0.2, -0.15) is 0 Å². The molecule has 112 valence electrons. The number of amides is 1. The van der Waals surface area contributed by atoms with E-state index in [4.69, 9.17) is 4.74 Å². The normalized spacial score (nSPS) is 25.2. The van der Waals surface area contributed by atoms with Crippen LogP contribution >= 0.6 is 0 Å². The van der Waals surface area contributed by atoms with Crippen LogP contribution in [0.5, 0.6) is 5.75 Å². The minimum Gasteiger partial charge on any atom is -0.497 e. The van der Waals surface area contributed by atoms with Crippen molar-refractivity contribution < 1.29 is 9.53 Å². The van der Waals surface area contributed by atoms with Crippen LogP contribution in [-0.2, 0) is 4.79 Å². The van der Waals surface area contributed by atoms with Crippen LogP contribution in [0.4, 0.5) is 0 Å². The molecule has 0 spiro atoms. The molecule has 2 fully saturated rings. The number of hydrogen-bond acceptors (Lipinski definition) is 3. The highest BCUT2D eigenvalue weighted by molar-refractivity contribution is 5.92. The molecule has 21 heavy (non-hydrogen) atoms. The largest absolute Gasteiger partial charge is 0.497 e. The Morgan fingerprint density at radius 3 is 2.86 bits per heavy atom. The van der Waals surface area contributed by atoms with Crippen molar-refractivity contribution in [2.24, 2.45) is 0 Å². The van der Waals surface area contributed by atoms with Crippen molar-refractivity contribution in [2.75, 3.05) is 20.2 Å². The highest BCUT2D eigenvalue weighted by Crippen LogP contribution is 2.27. The van der Waals surface area contributed by atoms with Gasteiger partial charge in [0.25, 0.3) is 0 Å². The van der Waals surface area contributed by atoms with Crippen LogP contribution in [0.25, 0.3) is 6.08 Å². The van der Waals surface area contributed by atoms with Gasteiger partial charge in [0.05, 0.1) is 7.11 Å². The molecule has 2 saturated heterocycles. The maximum absolute atomic E-state index is 12.0. The van der Waals surface area contributed by atoms with Gasteiger partial charge in [0.15, 0.2) is 0 Å². The summed E-state index contributed by atoms with van der Waals surface area (Å²) >= 11 is 0. The number of rotatable bonds is 4. The van der Waals surface area contributed by atoms with Crippen LogP contribution in [0.3, 0.4) is 0 Å². The maximum Gasteiger partial charge on any atom is 0.244 e. The van der Waals surface area contributed by atoms with E-state index in [2.05, 4.69) is 10.2 Å². The second-order valence-electron chi connectivity index (χ2n) is 5.76. The molecule has 1 amide bonds. The van der Waals surface area contributed by atoms with E-state index in [9.17, 15) is 4.79 Å². The number of methoxy groups -OCH3 is 1. The van der Waals surface area contributed by atoms with Crippen LogP contribution in [0, 0.1) is 0 Å². The Bertz CT molecular complexity index is 524. The first-order valence-electron chi connectivity index (χ1n) is 7.63. The lowest BCUT2D eigenvalue weighted by atomic mass is 10.1. The number of hydrogen-bond donors (Lipinski definition) is 1. The van der Waals surface area contributed by atoms with Gasteiger partial charge in [-0.1, -0.05) is 12.1 Å². The van der Waals surface area contributed by atoms with E-state index in [-0.39, 0.29) is 5.91 Å². The molecule has 2 atom stereocenters. The van der Waals surface area contributed by atoms with E-state index in [1.807, 2.05) is 30.3 Å². The quantitative estimate of drug-likeness (QED) is 0.862. The zero-order valence-electron chi connectivity index (χ0n) is 12.4. The molecule has 1 aromatic carbocycles. The van der Waals surface area contributed by atoms with Crippen LogP contribution in [-0.4, -0.2) is 43.1 Å². The van der Waals surface area contributed by atoms with Crippen LogP contribution < -0.4 is 10.1 Å². The summed E-state index contributed by atoms with van der Waals surface area (Å²) in [6.45, 7) is 2.32. The summed E-state index contributed by atoms with van der Waals surface area (Å²) in [5.74, 6) is 0.827. The molecule has 3 rings (SSSR count). The van der Waals surface area contributed by atoms with Crippen molar-refractivity contribution in [3.63, 3.8) is 0 Å². The lowest BCUT2D eigenvalue weighted by molar-refractivity contribution is -0.117. The first-order chi connectivity index (χ1) is 10.3. The fraction of sp³-hybridized carbons (Fsp3) is 0.471. The third kappa shape index (κ3) is 3.27. The lowest BCUT2D eigenvalue weighted by Crippen LogP contribution is -2.41. The SMILES string of the molecule is COc1ccc(/C=C/C(=O)N[C@H]2CCN3CCC[C@@H]23)cc1. The van der Waals surface area contributed by atoms with Gasteiger partial charge in [0.2, 0.25) is 5.91 Å². The molecule has 0 unspecified atom stereocenters. The van der Waals surface area contributed by atoms with Crippen LogP contribution in [0.15, 0.2) is 30.3 Å². The lowest BCUT2D eigenvalue weighted by Gasteiger charge is -2.20. The van der Waals surface area contributed by atoms with E-state index in [0.717, 1.165) is 24.3 Å². The fourth-order valence-corrected chi connectivity index (χ4v) is 3.37. The second kappa shape index (κ2) is 6.31. The number of nitrogens with zero attached hydrogens (tertiary/aromatic N) is 1. The molecule has 2 aliphatic heterocycles. The van der Waals surface area contributed by atoms with Crippen molar-refractivity contribution in [1.29, 1.82) is 0 Å². The Kier molecular flexibility index (Phi) is 4.25. The first-order valence-corrected chi connectivity index (χ1v) is 7.63. The van der Waals surface area contributed by atoms with Gasteiger partial charge >= 0.3 is 0 Å². The molecule has 4 nitrogen and oxygen atoms in total. The van der Waals surface area contributed by atoms with Crippen molar-refractivity contribution in [1.82, 2.24) is 10.2 Å². The highest BCUT2D eigenvalue weighted by Gasteiger charge is 2.37. The van der Waals surface area contributed by atoms with E-state index >= 15 is 0 Å².